The lowest BCUT2D eigenvalue weighted by molar-refractivity contribution is -0.0159. The molecule has 0 saturated carbocycles. The van der Waals surface area contributed by atoms with Crippen LogP contribution in [0.5, 0.6) is 0 Å². The summed E-state index contributed by atoms with van der Waals surface area (Å²) in [4.78, 5) is 10.7. The summed E-state index contributed by atoms with van der Waals surface area (Å²) < 4.78 is 10.9. The van der Waals surface area contributed by atoms with Gasteiger partial charge in [-0.2, -0.15) is 0 Å². The lowest BCUT2D eigenvalue weighted by Gasteiger charge is -2.26. The molecule has 1 heterocycles. The molecule has 19 heavy (non-hydrogen) atoms. The average Bonchev–Trinajstić information content (AvgIpc) is 2.89. The number of carboxylic acid groups (broad SMARTS) is 1. The molecule has 1 aromatic rings. The first-order valence-electron chi connectivity index (χ1n) is 6.31. The second-order valence-corrected chi connectivity index (χ2v) is 4.80. The lowest BCUT2D eigenvalue weighted by atomic mass is 10.0. The van der Waals surface area contributed by atoms with Crippen molar-refractivity contribution >= 4 is 5.97 Å². The summed E-state index contributed by atoms with van der Waals surface area (Å²) in [7, 11) is 1.71. The van der Waals surface area contributed by atoms with E-state index in [2.05, 4.69) is 5.32 Å². The molecule has 2 rings (SSSR count). The normalized spacial score (nSPS) is 22.6. The van der Waals surface area contributed by atoms with Gasteiger partial charge in [0, 0.05) is 33.2 Å². The van der Waals surface area contributed by atoms with Crippen molar-refractivity contribution in [1.29, 1.82) is 0 Å². The SMILES string of the molecule is COC1(CNCc2ccc(C(=O)O)cc2)CCOC1. The molecule has 0 bridgehead atoms. The second-order valence-electron chi connectivity index (χ2n) is 4.80. The number of carboxylic acids is 1. The minimum absolute atomic E-state index is 0.221. The number of nitrogens with one attached hydrogen (secondary N) is 1. The molecule has 1 unspecified atom stereocenters. The van der Waals surface area contributed by atoms with Gasteiger partial charge in [-0.15, -0.1) is 0 Å². The fourth-order valence-corrected chi connectivity index (χ4v) is 2.16. The van der Waals surface area contributed by atoms with Crippen molar-refractivity contribution in [2.24, 2.45) is 0 Å². The Kier molecular flexibility index (Phi) is 4.52. The Morgan fingerprint density at radius 1 is 1.47 bits per heavy atom. The monoisotopic (exact) mass is 265 g/mol. The molecule has 1 aliphatic rings. The van der Waals surface area contributed by atoms with Crippen molar-refractivity contribution in [3.05, 3.63) is 35.4 Å². The molecule has 5 nitrogen and oxygen atoms in total. The summed E-state index contributed by atoms with van der Waals surface area (Å²) in [5.41, 5.74) is 1.14. The van der Waals surface area contributed by atoms with Crippen LogP contribution in [0.3, 0.4) is 0 Å². The van der Waals surface area contributed by atoms with Gasteiger partial charge in [0.25, 0.3) is 0 Å². The van der Waals surface area contributed by atoms with Crippen LogP contribution in [0.4, 0.5) is 0 Å². The minimum Gasteiger partial charge on any atom is -0.478 e. The Morgan fingerprint density at radius 3 is 2.74 bits per heavy atom. The number of rotatable bonds is 6. The summed E-state index contributed by atoms with van der Waals surface area (Å²) in [6.07, 6.45) is 0.897. The van der Waals surface area contributed by atoms with E-state index in [-0.39, 0.29) is 5.60 Å². The number of hydrogen-bond acceptors (Lipinski definition) is 4. The van der Waals surface area contributed by atoms with Crippen molar-refractivity contribution in [2.45, 2.75) is 18.6 Å². The van der Waals surface area contributed by atoms with Gasteiger partial charge in [-0.25, -0.2) is 4.79 Å². The molecule has 1 aromatic carbocycles. The van der Waals surface area contributed by atoms with Crippen molar-refractivity contribution in [2.75, 3.05) is 26.9 Å². The molecule has 5 heteroatoms. The van der Waals surface area contributed by atoms with Gasteiger partial charge in [-0.05, 0) is 17.7 Å². The highest BCUT2D eigenvalue weighted by molar-refractivity contribution is 5.87. The van der Waals surface area contributed by atoms with E-state index in [0.29, 0.717) is 18.7 Å². The van der Waals surface area contributed by atoms with Crippen molar-refractivity contribution in [1.82, 2.24) is 5.32 Å². The van der Waals surface area contributed by atoms with Crippen LogP contribution in [0.1, 0.15) is 22.3 Å². The maximum Gasteiger partial charge on any atom is 0.335 e. The van der Waals surface area contributed by atoms with E-state index in [4.69, 9.17) is 14.6 Å². The lowest BCUT2D eigenvalue weighted by Crippen LogP contribution is -2.42. The third kappa shape index (κ3) is 3.53. The predicted molar refractivity (Wildman–Crippen MR) is 70.3 cm³/mol. The summed E-state index contributed by atoms with van der Waals surface area (Å²) in [5, 5.41) is 12.1. The maximum absolute atomic E-state index is 10.7. The number of hydrogen-bond donors (Lipinski definition) is 2. The highest BCUT2D eigenvalue weighted by Gasteiger charge is 2.34. The molecule has 1 saturated heterocycles. The Bertz CT molecular complexity index is 424. The van der Waals surface area contributed by atoms with Gasteiger partial charge in [0.15, 0.2) is 0 Å². The van der Waals surface area contributed by atoms with E-state index in [9.17, 15) is 4.79 Å². The van der Waals surface area contributed by atoms with Crippen LogP contribution >= 0.6 is 0 Å². The molecule has 1 atom stereocenters. The fourth-order valence-electron chi connectivity index (χ4n) is 2.16. The zero-order valence-electron chi connectivity index (χ0n) is 11.0. The first kappa shape index (κ1) is 14.0. The van der Waals surface area contributed by atoms with E-state index in [1.54, 1.807) is 19.2 Å². The number of benzene rings is 1. The Labute approximate surface area is 112 Å². The highest BCUT2D eigenvalue weighted by Crippen LogP contribution is 2.21. The topological polar surface area (TPSA) is 67.8 Å². The third-order valence-electron chi connectivity index (χ3n) is 3.48. The molecule has 104 valence electrons. The molecule has 1 aliphatic heterocycles. The molecule has 0 amide bonds. The van der Waals surface area contributed by atoms with Crippen LogP contribution in [0, 0.1) is 0 Å². The molecule has 0 spiro atoms. The maximum atomic E-state index is 10.7. The second kappa shape index (κ2) is 6.14. The number of ether oxygens (including phenoxy) is 2. The van der Waals surface area contributed by atoms with Crippen LogP contribution in [0.25, 0.3) is 0 Å². The van der Waals surface area contributed by atoms with E-state index in [1.807, 2.05) is 12.1 Å². The third-order valence-corrected chi connectivity index (χ3v) is 3.48. The Morgan fingerprint density at radius 2 is 2.21 bits per heavy atom. The number of methoxy groups -OCH3 is 1. The summed E-state index contributed by atoms with van der Waals surface area (Å²) in [6, 6.07) is 6.87. The fraction of sp³-hybridized carbons (Fsp3) is 0.500. The molecule has 2 N–H and O–H groups in total. The Balaban J connectivity index is 1.83. The predicted octanol–water partition coefficient (Wildman–Crippen LogP) is 1.28. The first-order chi connectivity index (χ1) is 9.15. The summed E-state index contributed by atoms with van der Waals surface area (Å²) in [5.74, 6) is -0.902. The van der Waals surface area contributed by atoms with Gasteiger partial charge in [0.2, 0.25) is 0 Å². The standard InChI is InChI=1S/C14H19NO4/c1-18-14(6-7-19-10-14)9-15-8-11-2-4-12(5-3-11)13(16)17/h2-5,15H,6-10H2,1H3,(H,16,17). The van der Waals surface area contributed by atoms with Gasteiger partial charge in [0.05, 0.1) is 12.2 Å². The summed E-state index contributed by atoms with van der Waals surface area (Å²) >= 11 is 0. The van der Waals surface area contributed by atoms with E-state index in [1.165, 1.54) is 0 Å². The van der Waals surface area contributed by atoms with Crippen LogP contribution < -0.4 is 5.32 Å². The van der Waals surface area contributed by atoms with Crippen molar-refractivity contribution in [3.63, 3.8) is 0 Å². The van der Waals surface area contributed by atoms with E-state index >= 15 is 0 Å². The molecule has 0 radical (unpaired) electrons. The molecular weight excluding hydrogens is 246 g/mol. The highest BCUT2D eigenvalue weighted by atomic mass is 16.5. The van der Waals surface area contributed by atoms with Gasteiger partial charge >= 0.3 is 5.97 Å². The van der Waals surface area contributed by atoms with Crippen LogP contribution in [0.2, 0.25) is 0 Å². The van der Waals surface area contributed by atoms with Crippen molar-refractivity contribution in [3.8, 4) is 0 Å². The quantitative estimate of drug-likeness (QED) is 0.811. The van der Waals surface area contributed by atoms with E-state index in [0.717, 1.165) is 25.1 Å². The van der Waals surface area contributed by atoms with Gasteiger partial charge in [-0.1, -0.05) is 12.1 Å². The Hall–Kier alpha value is -1.43. The zero-order chi connectivity index (χ0) is 13.7. The average molecular weight is 265 g/mol. The van der Waals surface area contributed by atoms with Crippen LogP contribution in [-0.2, 0) is 16.0 Å². The molecule has 1 fully saturated rings. The van der Waals surface area contributed by atoms with Crippen molar-refractivity contribution < 1.29 is 19.4 Å². The summed E-state index contributed by atoms with van der Waals surface area (Å²) in [6.45, 7) is 2.77. The largest absolute Gasteiger partial charge is 0.478 e. The number of aromatic carboxylic acids is 1. The zero-order valence-corrected chi connectivity index (χ0v) is 11.0. The van der Waals surface area contributed by atoms with E-state index < -0.39 is 5.97 Å². The van der Waals surface area contributed by atoms with Gasteiger partial charge in [0.1, 0.15) is 5.60 Å². The van der Waals surface area contributed by atoms with Crippen LogP contribution in [0.15, 0.2) is 24.3 Å². The first-order valence-corrected chi connectivity index (χ1v) is 6.31. The van der Waals surface area contributed by atoms with Gasteiger partial charge in [-0.3, -0.25) is 0 Å². The number of carbonyl (C=O) groups is 1. The minimum atomic E-state index is -0.902. The smallest absolute Gasteiger partial charge is 0.335 e. The molecule has 0 aliphatic carbocycles. The molecular formula is C14H19NO4. The van der Waals surface area contributed by atoms with Crippen LogP contribution in [-0.4, -0.2) is 43.5 Å². The molecule has 0 aromatic heterocycles. The van der Waals surface area contributed by atoms with Gasteiger partial charge < -0.3 is 19.9 Å².